The summed E-state index contributed by atoms with van der Waals surface area (Å²) in [7, 11) is 0. The van der Waals surface area contributed by atoms with Crippen LogP contribution in [0.5, 0.6) is 0 Å². The van der Waals surface area contributed by atoms with Gasteiger partial charge in [0, 0.05) is 39.9 Å². The number of amides is 2. The Balaban J connectivity index is 1.23. The van der Waals surface area contributed by atoms with Crippen LogP contribution in [0.4, 0.5) is 36.1 Å². The largest absolute Gasteiger partial charge is 0.416 e. The Morgan fingerprint density at radius 1 is 0.867 bits per heavy atom. The van der Waals surface area contributed by atoms with E-state index in [4.69, 9.17) is 0 Å². The summed E-state index contributed by atoms with van der Waals surface area (Å²) in [6.45, 7) is 3.49. The van der Waals surface area contributed by atoms with Gasteiger partial charge < -0.3 is 20.5 Å². The molecule has 0 bridgehead atoms. The van der Waals surface area contributed by atoms with Gasteiger partial charge in [0.15, 0.2) is 5.82 Å². The summed E-state index contributed by atoms with van der Waals surface area (Å²) in [4.78, 5) is 39.3. The lowest BCUT2D eigenvalue weighted by Gasteiger charge is -2.14. The Labute approximate surface area is 258 Å². The third-order valence-electron chi connectivity index (χ3n) is 6.90. The molecule has 3 N–H and O–H groups in total. The first kappa shape index (κ1) is 29.5. The molecule has 226 valence electrons. The highest BCUT2D eigenvalue weighted by Crippen LogP contribution is 2.33. The van der Waals surface area contributed by atoms with Crippen molar-refractivity contribution in [1.29, 1.82) is 0 Å². The number of halogens is 3. The Morgan fingerprint density at radius 3 is 2.40 bits per heavy atom. The predicted octanol–water partition coefficient (Wildman–Crippen LogP) is 7.76. The number of anilines is 4. The summed E-state index contributed by atoms with van der Waals surface area (Å²) < 4.78 is 43.2. The number of benzene rings is 3. The summed E-state index contributed by atoms with van der Waals surface area (Å²) in [5.74, 6) is -0.605. The van der Waals surface area contributed by atoms with Crippen molar-refractivity contribution >= 4 is 56.2 Å². The van der Waals surface area contributed by atoms with E-state index in [9.17, 15) is 22.8 Å². The van der Waals surface area contributed by atoms with E-state index in [1.165, 1.54) is 34.6 Å². The second-order valence-corrected chi connectivity index (χ2v) is 11.0. The molecule has 0 saturated carbocycles. The van der Waals surface area contributed by atoms with Crippen LogP contribution in [0.2, 0.25) is 0 Å². The molecule has 45 heavy (non-hydrogen) atoms. The molecule has 0 spiro atoms. The fourth-order valence-corrected chi connectivity index (χ4v) is 5.55. The van der Waals surface area contributed by atoms with Crippen molar-refractivity contribution in [3.8, 4) is 5.69 Å². The minimum absolute atomic E-state index is 0.140. The van der Waals surface area contributed by atoms with E-state index in [1.54, 1.807) is 43.6 Å². The topological polar surface area (TPSA) is 114 Å². The van der Waals surface area contributed by atoms with Gasteiger partial charge in [-0.25, -0.2) is 15.0 Å². The monoisotopic (exact) mass is 627 g/mol. The van der Waals surface area contributed by atoms with Crippen molar-refractivity contribution in [2.45, 2.75) is 20.0 Å². The minimum Gasteiger partial charge on any atom is -0.339 e. The first-order valence-electron chi connectivity index (χ1n) is 13.6. The number of alkyl halides is 3. The van der Waals surface area contributed by atoms with Gasteiger partial charge in [-0.15, -0.1) is 11.3 Å². The summed E-state index contributed by atoms with van der Waals surface area (Å²) in [6, 6.07) is 17.4. The number of carbonyl (C=O) groups is 2. The van der Waals surface area contributed by atoms with Gasteiger partial charge in [0.1, 0.15) is 6.33 Å². The van der Waals surface area contributed by atoms with Crippen molar-refractivity contribution in [2.75, 3.05) is 16.0 Å². The van der Waals surface area contributed by atoms with E-state index >= 15 is 0 Å². The van der Waals surface area contributed by atoms with E-state index in [2.05, 4.69) is 30.9 Å². The van der Waals surface area contributed by atoms with Crippen molar-refractivity contribution in [2.24, 2.45) is 0 Å². The second kappa shape index (κ2) is 11.8. The average Bonchev–Trinajstić information content (AvgIpc) is 3.66. The van der Waals surface area contributed by atoms with E-state index in [1.807, 2.05) is 30.3 Å². The number of aryl methyl sites for hydroxylation is 2. The molecule has 0 aliphatic rings. The predicted molar refractivity (Wildman–Crippen MR) is 168 cm³/mol. The molecule has 6 aromatic rings. The molecule has 3 aromatic carbocycles. The third-order valence-corrected chi connectivity index (χ3v) is 7.87. The normalized spacial score (nSPS) is 11.4. The molecule has 2 amide bonds. The maximum atomic E-state index is 13.7. The van der Waals surface area contributed by atoms with Crippen molar-refractivity contribution in [1.82, 2.24) is 19.5 Å². The van der Waals surface area contributed by atoms with Crippen molar-refractivity contribution < 1.29 is 22.8 Å². The fourth-order valence-electron chi connectivity index (χ4n) is 4.60. The van der Waals surface area contributed by atoms with Crippen LogP contribution in [0.15, 0.2) is 91.0 Å². The van der Waals surface area contributed by atoms with Crippen LogP contribution in [0.25, 0.3) is 15.9 Å². The van der Waals surface area contributed by atoms with Gasteiger partial charge in [0.25, 0.3) is 11.8 Å². The molecule has 6 rings (SSSR count). The number of fused-ring (bicyclic) bond motifs is 1. The lowest BCUT2D eigenvalue weighted by molar-refractivity contribution is -0.137. The van der Waals surface area contributed by atoms with Gasteiger partial charge in [0.05, 0.1) is 33.4 Å². The number of hydrogen-bond donors (Lipinski definition) is 3. The van der Waals surface area contributed by atoms with E-state index in [0.29, 0.717) is 38.5 Å². The number of hydrogen-bond acceptors (Lipinski definition) is 7. The lowest BCUT2D eigenvalue weighted by atomic mass is 10.1. The molecule has 0 aliphatic carbocycles. The van der Waals surface area contributed by atoms with E-state index in [0.717, 1.165) is 17.8 Å². The fraction of sp³-hybridized carbons (Fsp3) is 0.0938. The summed E-state index contributed by atoms with van der Waals surface area (Å²) in [5.41, 5.74) is 2.64. The molecule has 0 fully saturated rings. The molecule has 0 saturated heterocycles. The zero-order chi connectivity index (χ0) is 31.7. The van der Waals surface area contributed by atoms with E-state index < -0.39 is 23.6 Å². The molecule has 9 nitrogen and oxygen atoms in total. The maximum Gasteiger partial charge on any atom is 0.416 e. The van der Waals surface area contributed by atoms with Gasteiger partial charge in [-0.1, -0.05) is 24.3 Å². The molecule has 13 heteroatoms. The van der Waals surface area contributed by atoms with Crippen LogP contribution in [0, 0.1) is 13.8 Å². The molecule has 3 aromatic heterocycles. The van der Waals surface area contributed by atoms with Crippen LogP contribution in [-0.4, -0.2) is 31.3 Å². The maximum absolute atomic E-state index is 13.7. The van der Waals surface area contributed by atoms with Crippen LogP contribution < -0.4 is 16.0 Å². The number of carbonyl (C=O) groups excluding carboxylic acids is 2. The van der Waals surface area contributed by atoms with Gasteiger partial charge in [0.2, 0.25) is 0 Å². The number of rotatable bonds is 7. The lowest BCUT2D eigenvalue weighted by Crippen LogP contribution is -2.16. The minimum atomic E-state index is -4.67. The van der Waals surface area contributed by atoms with Gasteiger partial charge in [-0.2, -0.15) is 13.2 Å². The van der Waals surface area contributed by atoms with Gasteiger partial charge in [-0.05, 0) is 61.9 Å². The molecule has 0 unspecified atom stereocenters. The molecular formula is C32H24F3N7O2S. The van der Waals surface area contributed by atoms with Gasteiger partial charge in [-0.3, -0.25) is 9.59 Å². The number of thiophene rings is 1. The molecule has 3 heterocycles. The highest BCUT2D eigenvalue weighted by molar-refractivity contribution is 7.18. The molecule has 0 aliphatic heterocycles. The Hall–Kier alpha value is -5.56. The number of nitrogens with one attached hydrogen (secondary N) is 3. The number of para-hydroxylation sites is 1. The highest BCUT2D eigenvalue weighted by Gasteiger charge is 2.32. The zero-order valence-electron chi connectivity index (χ0n) is 23.8. The van der Waals surface area contributed by atoms with Crippen LogP contribution in [0.3, 0.4) is 0 Å². The Kier molecular flexibility index (Phi) is 7.77. The highest BCUT2D eigenvalue weighted by atomic mass is 32.1. The number of imidazole rings is 1. The average molecular weight is 628 g/mol. The quantitative estimate of drug-likeness (QED) is 0.167. The third kappa shape index (κ3) is 6.38. The van der Waals surface area contributed by atoms with Crippen LogP contribution in [0.1, 0.15) is 37.5 Å². The summed E-state index contributed by atoms with van der Waals surface area (Å²) >= 11 is 1.32. The zero-order valence-corrected chi connectivity index (χ0v) is 24.6. The van der Waals surface area contributed by atoms with E-state index in [-0.39, 0.29) is 16.9 Å². The number of aromatic nitrogens is 4. The van der Waals surface area contributed by atoms with Crippen molar-refractivity contribution in [3.63, 3.8) is 0 Å². The summed E-state index contributed by atoms with van der Waals surface area (Å²) in [6.07, 6.45) is -0.344. The second-order valence-electron chi connectivity index (χ2n) is 10.2. The van der Waals surface area contributed by atoms with Crippen LogP contribution in [-0.2, 0) is 6.18 Å². The molecule has 0 atom stereocenters. The standard InChI is InChI=1S/C32H24F3N7O2S/c1-18-8-9-23(40-30(43)20-10-21(32(33,34)35)12-24(11-20)42-14-19(2)38-17-42)13-26(18)41-31(44)25-15-45-28-27(25)36-16-37-29(28)39-22-6-4-3-5-7-22/h3-17H,1-2H3,(H,40,43)(H,41,44)(H,36,37,39). The van der Waals surface area contributed by atoms with Crippen molar-refractivity contribution in [3.05, 3.63) is 119 Å². The smallest absolute Gasteiger partial charge is 0.339 e. The molecule has 0 radical (unpaired) electrons. The van der Waals surface area contributed by atoms with Gasteiger partial charge >= 0.3 is 6.18 Å². The Bertz CT molecular complexity index is 2060. The summed E-state index contributed by atoms with van der Waals surface area (Å²) in [5, 5.41) is 10.4. The Morgan fingerprint density at radius 2 is 1.67 bits per heavy atom. The number of nitrogens with zero attached hydrogens (tertiary/aromatic N) is 4. The van der Waals surface area contributed by atoms with Crippen LogP contribution >= 0.6 is 11.3 Å². The first-order chi connectivity index (χ1) is 21.5. The first-order valence-corrected chi connectivity index (χ1v) is 14.4. The molecular weight excluding hydrogens is 603 g/mol. The SMILES string of the molecule is Cc1cn(-c2cc(C(=O)Nc3ccc(C)c(NC(=O)c4csc5c(Nc6ccccc6)ncnc45)c3)cc(C(F)(F)F)c2)cn1.